The van der Waals surface area contributed by atoms with Gasteiger partial charge in [0.15, 0.2) is 0 Å². The van der Waals surface area contributed by atoms with Gasteiger partial charge in [-0.15, -0.1) is 0 Å². The van der Waals surface area contributed by atoms with E-state index in [4.69, 9.17) is 0 Å². The molecule has 2 saturated heterocycles. The minimum absolute atomic E-state index is 0.119. The Bertz CT molecular complexity index is 1230. The van der Waals surface area contributed by atoms with Crippen molar-refractivity contribution in [1.29, 1.82) is 0 Å². The van der Waals surface area contributed by atoms with Gasteiger partial charge in [-0.3, -0.25) is 4.79 Å². The first kappa shape index (κ1) is 22.1. The monoisotopic (exact) mass is 466 g/mol. The van der Waals surface area contributed by atoms with Gasteiger partial charge in [0.1, 0.15) is 5.82 Å². The number of nitrogens with zero attached hydrogens (tertiary/aromatic N) is 3. The molecule has 1 unspecified atom stereocenters. The first-order valence-electron chi connectivity index (χ1n) is 11.9. The minimum atomic E-state index is -3.70. The van der Waals surface area contributed by atoms with Crippen LogP contribution in [0.1, 0.15) is 38.5 Å². The Morgan fingerprint density at radius 3 is 2.45 bits per heavy atom. The highest BCUT2D eigenvalue weighted by molar-refractivity contribution is 7.89. The van der Waals surface area contributed by atoms with Crippen molar-refractivity contribution in [3.05, 3.63) is 48.5 Å². The number of benzene rings is 2. The van der Waals surface area contributed by atoms with E-state index in [1.807, 2.05) is 35.2 Å². The molecule has 1 N–H and O–H groups in total. The number of hydrogen-bond acceptors (Lipinski definition) is 4. The quantitative estimate of drug-likeness (QED) is 0.629. The smallest absolute Gasteiger partial charge is 0.243 e. The maximum Gasteiger partial charge on any atom is 0.243 e. The molecule has 33 heavy (non-hydrogen) atoms. The lowest BCUT2D eigenvalue weighted by molar-refractivity contribution is -0.136. The zero-order valence-electron chi connectivity index (χ0n) is 18.7. The van der Waals surface area contributed by atoms with Gasteiger partial charge in [-0.25, -0.2) is 13.4 Å². The highest BCUT2D eigenvalue weighted by atomic mass is 32.2. The summed E-state index contributed by atoms with van der Waals surface area (Å²) in [6.45, 7) is 2.29. The van der Waals surface area contributed by atoms with Crippen LogP contribution in [0.4, 0.5) is 0 Å². The van der Waals surface area contributed by atoms with E-state index >= 15 is 0 Å². The molecule has 0 bridgehead atoms. The third-order valence-corrected chi connectivity index (χ3v) is 8.65. The lowest BCUT2D eigenvalue weighted by Gasteiger charge is -2.34. The second-order valence-electron chi connectivity index (χ2n) is 9.07. The molecule has 5 rings (SSSR count). The Labute approximate surface area is 194 Å². The highest BCUT2D eigenvalue weighted by Gasteiger charge is 2.35. The Balaban J connectivity index is 1.36. The highest BCUT2D eigenvalue weighted by Crippen LogP contribution is 2.28. The summed E-state index contributed by atoms with van der Waals surface area (Å²) in [5, 5.41) is 0. The molecule has 3 aromatic rings. The van der Waals surface area contributed by atoms with Gasteiger partial charge < -0.3 is 9.88 Å². The number of imidazole rings is 1. The average molecular weight is 467 g/mol. The van der Waals surface area contributed by atoms with E-state index in [1.165, 1.54) is 4.31 Å². The van der Waals surface area contributed by atoms with Crippen LogP contribution in [0.3, 0.4) is 0 Å². The Morgan fingerprint density at radius 2 is 1.70 bits per heavy atom. The van der Waals surface area contributed by atoms with Crippen molar-refractivity contribution in [3.8, 4) is 11.4 Å². The molecule has 3 heterocycles. The number of aromatic nitrogens is 2. The number of nitrogens with one attached hydrogen (secondary N) is 1. The predicted octanol–water partition coefficient (Wildman–Crippen LogP) is 4.03. The van der Waals surface area contributed by atoms with Crippen LogP contribution in [-0.2, 0) is 14.8 Å². The molecular weight excluding hydrogens is 436 g/mol. The third kappa shape index (κ3) is 4.54. The molecule has 0 spiro atoms. The number of likely N-dealkylation sites (tertiary alicyclic amines) is 1. The molecule has 1 amide bonds. The average Bonchev–Trinajstić information content (AvgIpc) is 3.09. The van der Waals surface area contributed by atoms with Crippen LogP contribution in [0, 0.1) is 5.92 Å². The van der Waals surface area contributed by atoms with Crippen LogP contribution in [0.15, 0.2) is 53.4 Å². The molecule has 1 aromatic heterocycles. The molecule has 174 valence electrons. The predicted molar refractivity (Wildman–Crippen MR) is 128 cm³/mol. The summed E-state index contributed by atoms with van der Waals surface area (Å²) >= 11 is 0. The van der Waals surface area contributed by atoms with E-state index < -0.39 is 10.0 Å². The van der Waals surface area contributed by atoms with E-state index in [9.17, 15) is 13.2 Å². The normalized spacial score (nSPS) is 20.6. The van der Waals surface area contributed by atoms with Crippen LogP contribution in [-0.4, -0.2) is 59.7 Å². The van der Waals surface area contributed by atoms with E-state index in [2.05, 4.69) is 9.97 Å². The zero-order valence-corrected chi connectivity index (χ0v) is 19.6. The van der Waals surface area contributed by atoms with Crippen LogP contribution >= 0.6 is 0 Å². The summed E-state index contributed by atoms with van der Waals surface area (Å²) in [6, 6.07) is 14.8. The Kier molecular flexibility index (Phi) is 6.21. The number of fused-ring (bicyclic) bond motifs is 1. The number of H-pyrrole nitrogens is 1. The molecule has 7 nitrogen and oxygen atoms in total. The molecule has 2 aromatic carbocycles. The van der Waals surface area contributed by atoms with Crippen LogP contribution < -0.4 is 0 Å². The fourth-order valence-corrected chi connectivity index (χ4v) is 6.49. The molecule has 2 aliphatic rings. The lowest BCUT2D eigenvalue weighted by atomic mass is 9.98. The van der Waals surface area contributed by atoms with Crippen LogP contribution in [0.2, 0.25) is 0 Å². The van der Waals surface area contributed by atoms with Crippen LogP contribution in [0.25, 0.3) is 22.4 Å². The van der Waals surface area contributed by atoms with Crippen molar-refractivity contribution < 1.29 is 13.2 Å². The number of piperidine rings is 1. The fourth-order valence-electron chi connectivity index (χ4n) is 4.94. The van der Waals surface area contributed by atoms with Crippen molar-refractivity contribution in [3.63, 3.8) is 0 Å². The van der Waals surface area contributed by atoms with E-state index in [0.717, 1.165) is 56.3 Å². The van der Waals surface area contributed by atoms with Crippen molar-refractivity contribution >= 4 is 27.0 Å². The SMILES string of the molecule is O=C(C1CCCN(S(=O)(=O)c2ccc3nc(-c4ccccc4)[nH]c3c2)C1)N1CCCCCC1. The van der Waals surface area contributed by atoms with Gasteiger partial charge in [0.05, 0.1) is 21.8 Å². The van der Waals surface area contributed by atoms with Gasteiger partial charge in [-0.2, -0.15) is 4.31 Å². The Hall–Kier alpha value is -2.71. The second-order valence-corrected chi connectivity index (χ2v) is 11.0. The number of amides is 1. The van der Waals surface area contributed by atoms with E-state index in [0.29, 0.717) is 24.3 Å². The molecule has 1 atom stereocenters. The molecule has 0 aliphatic carbocycles. The number of sulfonamides is 1. The molecule has 0 radical (unpaired) electrons. The van der Waals surface area contributed by atoms with Crippen molar-refractivity contribution in [1.82, 2.24) is 19.2 Å². The maximum atomic E-state index is 13.5. The number of carbonyl (C=O) groups is 1. The number of hydrogen-bond donors (Lipinski definition) is 1. The number of rotatable bonds is 4. The maximum absolute atomic E-state index is 13.5. The van der Waals surface area contributed by atoms with Gasteiger partial charge in [0.25, 0.3) is 0 Å². The molecular formula is C25H30N4O3S. The first-order chi connectivity index (χ1) is 16.0. The topological polar surface area (TPSA) is 86.4 Å². The van der Waals surface area contributed by atoms with Crippen molar-refractivity contribution in [2.75, 3.05) is 26.2 Å². The van der Waals surface area contributed by atoms with Gasteiger partial charge in [0, 0.05) is 31.7 Å². The van der Waals surface area contributed by atoms with E-state index in [-0.39, 0.29) is 23.3 Å². The van der Waals surface area contributed by atoms with Crippen LogP contribution in [0.5, 0.6) is 0 Å². The van der Waals surface area contributed by atoms with Gasteiger partial charge in [-0.1, -0.05) is 43.2 Å². The summed E-state index contributed by atoms with van der Waals surface area (Å²) in [5.74, 6) is 0.571. The van der Waals surface area contributed by atoms with Crippen molar-refractivity contribution in [2.24, 2.45) is 5.92 Å². The standard InChI is InChI=1S/C25H30N4O3S/c30-25(28-14-6-1-2-7-15-28)20-11-8-16-29(18-20)33(31,32)21-12-13-22-23(17-21)27-24(26-22)19-9-4-3-5-10-19/h3-5,9-10,12-13,17,20H,1-2,6-8,11,14-16,18H2,(H,26,27). The number of aromatic amines is 1. The minimum Gasteiger partial charge on any atom is -0.342 e. The van der Waals surface area contributed by atoms with Gasteiger partial charge >= 0.3 is 0 Å². The number of carbonyl (C=O) groups excluding carboxylic acids is 1. The molecule has 2 aliphatic heterocycles. The van der Waals surface area contributed by atoms with Crippen molar-refractivity contribution in [2.45, 2.75) is 43.4 Å². The third-order valence-electron chi connectivity index (χ3n) is 6.79. The fraction of sp³-hybridized carbons (Fsp3) is 0.440. The zero-order chi connectivity index (χ0) is 22.8. The Morgan fingerprint density at radius 1 is 0.939 bits per heavy atom. The first-order valence-corrected chi connectivity index (χ1v) is 13.3. The van der Waals surface area contributed by atoms with E-state index in [1.54, 1.807) is 18.2 Å². The summed E-state index contributed by atoms with van der Waals surface area (Å²) in [4.78, 5) is 23.2. The van der Waals surface area contributed by atoms with Gasteiger partial charge in [-0.05, 0) is 43.9 Å². The largest absolute Gasteiger partial charge is 0.342 e. The summed E-state index contributed by atoms with van der Waals surface area (Å²) in [5.41, 5.74) is 2.36. The second kappa shape index (κ2) is 9.27. The summed E-state index contributed by atoms with van der Waals surface area (Å²) < 4.78 is 28.4. The lowest BCUT2D eigenvalue weighted by Crippen LogP contribution is -2.46. The molecule has 2 fully saturated rings. The summed E-state index contributed by atoms with van der Waals surface area (Å²) in [7, 11) is -3.70. The summed E-state index contributed by atoms with van der Waals surface area (Å²) in [6.07, 6.45) is 5.86. The molecule has 0 saturated carbocycles. The molecule has 8 heteroatoms. The van der Waals surface area contributed by atoms with Gasteiger partial charge in [0.2, 0.25) is 15.9 Å².